The predicted octanol–water partition coefficient (Wildman–Crippen LogP) is 4.17. The van der Waals surface area contributed by atoms with Crippen LogP contribution in [0.4, 0.5) is 4.39 Å². The lowest BCUT2D eigenvalue weighted by Gasteiger charge is -2.21. The molecule has 2 fully saturated rings. The highest BCUT2D eigenvalue weighted by Gasteiger charge is 2.48. The van der Waals surface area contributed by atoms with E-state index in [0.29, 0.717) is 23.0 Å². The number of ether oxygens (including phenoxy) is 2. The Morgan fingerprint density at radius 3 is 2.26 bits per heavy atom. The van der Waals surface area contributed by atoms with Gasteiger partial charge in [0.05, 0.1) is 19.6 Å². The average Bonchev–Trinajstić information content (AvgIpc) is 3.04. The minimum atomic E-state index is -0.307. The maximum atomic E-state index is 14.1. The zero-order chi connectivity index (χ0) is 13.6. The Morgan fingerprint density at radius 2 is 1.68 bits per heavy atom. The van der Waals surface area contributed by atoms with Gasteiger partial charge in [-0.15, -0.1) is 11.6 Å². The van der Waals surface area contributed by atoms with E-state index >= 15 is 0 Å². The molecule has 3 atom stereocenters. The molecule has 0 N–H and O–H groups in total. The first kappa shape index (κ1) is 13.0. The van der Waals surface area contributed by atoms with Crippen molar-refractivity contribution in [1.82, 2.24) is 0 Å². The third-order valence-corrected chi connectivity index (χ3v) is 5.09. The first-order chi connectivity index (χ1) is 9.13. The van der Waals surface area contributed by atoms with E-state index in [1.54, 1.807) is 13.2 Å². The van der Waals surface area contributed by atoms with Gasteiger partial charge in [-0.05, 0) is 43.1 Å². The van der Waals surface area contributed by atoms with Crippen molar-refractivity contribution in [1.29, 1.82) is 0 Å². The van der Waals surface area contributed by atoms with Crippen molar-refractivity contribution < 1.29 is 13.9 Å². The first-order valence-corrected chi connectivity index (χ1v) is 7.13. The van der Waals surface area contributed by atoms with Gasteiger partial charge in [-0.25, -0.2) is 4.39 Å². The zero-order valence-electron chi connectivity index (χ0n) is 11.2. The van der Waals surface area contributed by atoms with Gasteiger partial charge >= 0.3 is 0 Å². The third kappa shape index (κ3) is 2.29. The van der Waals surface area contributed by atoms with Crippen LogP contribution < -0.4 is 9.47 Å². The van der Waals surface area contributed by atoms with E-state index in [0.717, 1.165) is 24.7 Å². The molecule has 104 valence electrons. The van der Waals surface area contributed by atoms with Crippen molar-refractivity contribution in [2.45, 2.75) is 24.6 Å². The molecule has 2 nitrogen and oxygen atoms in total. The Labute approximate surface area is 117 Å². The number of benzene rings is 1. The van der Waals surface area contributed by atoms with Crippen LogP contribution in [0.2, 0.25) is 0 Å². The fourth-order valence-corrected chi connectivity index (χ4v) is 3.71. The molecule has 3 rings (SSSR count). The van der Waals surface area contributed by atoms with Crippen LogP contribution in [0.25, 0.3) is 0 Å². The van der Waals surface area contributed by atoms with Crippen LogP contribution in [0, 0.1) is 23.6 Å². The van der Waals surface area contributed by atoms with Crippen molar-refractivity contribution in [3.63, 3.8) is 0 Å². The van der Waals surface area contributed by atoms with Gasteiger partial charge in [-0.1, -0.05) is 0 Å². The van der Waals surface area contributed by atoms with Gasteiger partial charge in [0.2, 0.25) is 0 Å². The number of rotatable bonds is 4. The van der Waals surface area contributed by atoms with E-state index in [-0.39, 0.29) is 11.2 Å². The molecule has 19 heavy (non-hydrogen) atoms. The van der Waals surface area contributed by atoms with E-state index in [1.807, 2.05) is 0 Å². The Morgan fingerprint density at radius 1 is 1.11 bits per heavy atom. The standard InChI is InChI=1S/C15H18ClFO2/c1-18-13-6-11(12(17)7-14(13)19-2)15(16)10-4-8-3-9(8)5-10/h6-10,15H,3-5H2,1-2H3. The van der Waals surface area contributed by atoms with Crippen molar-refractivity contribution in [2.24, 2.45) is 17.8 Å². The van der Waals surface area contributed by atoms with Crippen molar-refractivity contribution in [3.8, 4) is 11.5 Å². The molecule has 0 radical (unpaired) electrons. The van der Waals surface area contributed by atoms with Gasteiger partial charge in [-0.3, -0.25) is 0 Å². The summed E-state index contributed by atoms with van der Waals surface area (Å²) < 4.78 is 24.5. The Kier molecular flexibility index (Phi) is 3.34. The predicted molar refractivity (Wildman–Crippen MR) is 72.4 cm³/mol. The molecule has 0 heterocycles. The largest absolute Gasteiger partial charge is 0.493 e. The molecule has 4 heteroatoms. The molecule has 1 aromatic carbocycles. The topological polar surface area (TPSA) is 18.5 Å². The van der Waals surface area contributed by atoms with Crippen molar-refractivity contribution in [2.75, 3.05) is 14.2 Å². The van der Waals surface area contributed by atoms with Crippen LogP contribution in [0.3, 0.4) is 0 Å². The fourth-order valence-electron chi connectivity index (χ4n) is 3.34. The quantitative estimate of drug-likeness (QED) is 0.773. The van der Waals surface area contributed by atoms with Gasteiger partial charge in [0.25, 0.3) is 0 Å². The lowest BCUT2D eigenvalue weighted by molar-refractivity contribution is 0.350. The molecule has 0 spiro atoms. The molecule has 0 aromatic heterocycles. The number of hydrogen-bond donors (Lipinski definition) is 0. The summed E-state index contributed by atoms with van der Waals surface area (Å²) in [4.78, 5) is 0. The van der Waals surface area contributed by atoms with Crippen molar-refractivity contribution in [3.05, 3.63) is 23.5 Å². The first-order valence-electron chi connectivity index (χ1n) is 6.69. The van der Waals surface area contributed by atoms with Crippen LogP contribution in [0.15, 0.2) is 12.1 Å². The molecule has 3 unspecified atom stereocenters. The fraction of sp³-hybridized carbons (Fsp3) is 0.600. The molecular weight excluding hydrogens is 267 g/mol. The second kappa shape index (κ2) is 4.86. The van der Waals surface area contributed by atoms with Gasteiger partial charge < -0.3 is 9.47 Å². The molecule has 2 aliphatic carbocycles. The monoisotopic (exact) mass is 284 g/mol. The molecule has 0 amide bonds. The Bertz CT molecular complexity index is 481. The third-order valence-electron chi connectivity index (χ3n) is 4.49. The zero-order valence-corrected chi connectivity index (χ0v) is 11.9. The highest BCUT2D eigenvalue weighted by atomic mass is 35.5. The molecule has 0 aliphatic heterocycles. The number of alkyl halides is 1. The molecule has 2 aliphatic rings. The molecular formula is C15H18ClFO2. The summed E-state index contributed by atoms with van der Waals surface area (Å²) in [5.41, 5.74) is 0.533. The summed E-state index contributed by atoms with van der Waals surface area (Å²) in [6.07, 6.45) is 3.60. The number of halogens is 2. The molecule has 2 saturated carbocycles. The van der Waals surface area contributed by atoms with Crippen LogP contribution in [-0.4, -0.2) is 14.2 Å². The summed E-state index contributed by atoms with van der Waals surface area (Å²) in [5, 5.41) is -0.271. The van der Waals surface area contributed by atoms with Gasteiger partial charge in [0.15, 0.2) is 11.5 Å². The highest BCUT2D eigenvalue weighted by molar-refractivity contribution is 6.21. The Hall–Kier alpha value is -0.960. The lowest BCUT2D eigenvalue weighted by atomic mass is 9.93. The van der Waals surface area contributed by atoms with Gasteiger partial charge in [-0.2, -0.15) is 0 Å². The highest BCUT2D eigenvalue weighted by Crippen LogP contribution is 2.58. The van der Waals surface area contributed by atoms with Crippen LogP contribution in [-0.2, 0) is 0 Å². The molecule has 1 aromatic rings. The van der Waals surface area contributed by atoms with E-state index < -0.39 is 0 Å². The normalized spacial score (nSPS) is 29.8. The minimum Gasteiger partial charge on any atom is -0.493 e. The second-order valence-corrected chi connectivity index (χ2v) is 6.09. The molecule has 0 bridgehead atoms. The van der Waals surface area contributed by atoms with Gasteiger partial charge in [0, 0.05) is 11.6 Å². The maximum Gasteiger partial charge on any atom is 0.163 e. The molecule has 0 saturated heterocycles. The summed E-state index contributed by atoms with van der Waals surface area (Å²) in [6, 6.07) is 3.04. The van der Waals surface area contributed by atoms with E-state index in [9.17, 15) is 4.39 Å². The van der Waals surface area contributed by atoms with Crippen molar-refractivity contribution >= 4 is 11.6 Å². The van der Waals surface area contributed by atoms with Crippen LogP contribution in [0.1, 0.15) is 30.2 Å². The SMILES string of the molecule is COc1cc(F)c(C(Cl)C2CC3CC3C2)cc1OC. The number of fused-ring (bicyclic) bond motifs is 1. The van der Waals surface area contributed by atoms with Gasteiger partial charge in [0.1, 0.15) is 5.82 Å². The van der Waals surface area contributed by atoms with E-state index in [1.165, 1.54) is 19.6 Å². The minimum absolute atomic E-state index is 0.271. The average molecular weight is 285 g/mol. The number of hydrogen-bond acceptors (Lipinski definition) is 2. The number of methoxy groups -OCH3 is 2. The summed E-state index contributed by atoms with van der Waals surface area (Å²) in [7, 11) is 3.05. The Balaban J connectivity index is 1.86. The second-order valence-electron chi connectivity index (χ2n) is 5.62. The lowest BCUT2D eigenvalue weighted by Crippen LogP contribution is -2.08. The summed E-state index contributed by atoms with van der Waals surface area (Å²) >= 11 is 6.49. The van der Waals surface area contributed by atoms with E-state index in [2.05, 4.69) is 0 Å². The van der Waals surface area contributed by atoms with Crippen LogP contribution >= 0.6 is 11.6 Å². The summed E-state index contributed by atoms with van der Waals surface area (Å²) in [5.74, 6) is 2.70. The van der Waals surface area contributed by atoms with Crippen LogP contribution in [0.5, 0.6) is 11.5 Å². The smallest absolute Gasteiger partial charge is 0.163 e. The van der Waals surface area contributed by atoms with E-state index in [4.69, 9.17) is 21.1 Å². The maximum absolute atomic E-state index is 14.1. The summed E-state index contributed by atoms with van der Waals surface area (Å²) in [6.45, 7) is 0.